The summed E-state index contributed by atoms with van der Waals surface area (Å²) in [7, 11) is -2.64. The minimum absolute atomic E-state index is 0.0961. The van der Waals surface area contributed by atoms with Gasteiger partial charge in [-0.2, -0.15) is 4.31 Å². The van der Waals surface area contributed by atoms with Crippen LogP contribution in [0.4, 0.5) is 10.1 Å². The van der Waals surface area contributed by atoms with Gasteiger partial charge in [0.1, 0.15) is 18.2 Å². The molecule has 152 valence electrons. The first-order chi connectivity index (χ1) is 13.9. The number of amides is 1. The second-order valence-corrected chi connectivity index (χ2v) is 8.79. The summed E-state index contributed by atoms with van der Waals surface area (Å²) in [5.74, 6) is -0.639. The predicted molar refractivity (Wildman–Crippen MR) is 108 cm³/mol. The van der Waals surface area contributed by atoms with Crippen LogP contribution in [-0.4, -0.2) is 37.2 Å². The molecule has 0 radical (unpaired) electrons. The first-order valence-electron chi connectivity index (χ1n) is 8.47. The highest BCUT2D eigenvalue weighted by molar-refractivity contribution is 7.89. The van der Waals surface area contributed by atoms with E-state index in [9.17, 15) is 17.6 Å². The van der Waals surface area contributed by atoms with Crippen molar-refractivity contribution in [3.63, 3.8) is 0 Å². The maximum atomic E-state index is 13.0. The molecule has 3 aromatic rings. The molecule has 1 N–H and O–H groups in total. The van der Waals surface area contributed by atoms with Gasteiger partial charge >= 0.3 is 0 Å². The smallest absolute Gasteiger partial charge is 0.243 e. The molecule has 3 rings (SSSR count). The normalized spacial score (nSPS) is 11.4. The number of carbonyl (C=O) groups is 1. The number of aromatic nitrogens is 1. The average molecular weight is 436 g/mol. The Balaban J connectivity index is 1.65. The molecule has 0 saturated carbocycles. The molecular weight excluding hydrogens is 417 g/mol. The monoisotopic (exact) mass is 435 g/mol. The van der Waals surface area contributed by atoms with Gasteiger partial charge in [-0.3, -0.25) is 4.79 Å². The molecule has 0 atom stereocenters. The summed E-state index contributed by atoms with van der Waals surface area (Å²) in [6, 6.07) is 11.2. The number of nitrogens with one attached hydrogen (secondary N) is 1. The van der Waals surface area contributed by atoms with Gasteiger partial charge in [0.15, 0.2) is 0 Å². The number of para-hydroxylation sites is 2. The van der Waals surface area contributed by atoms with E-state index in [0.29, 0.717) is 11.4 Å². The van der Waals surface area contributed by atoms with E-state index in [-0.39, 0.29) is 11.5 Å². The van der Waals surface area contributed by atoms with Gasteiger partial charge in [-0.1, -0.05) is 12.1 Å². The van der Waals surface area contributed by atoms with Crippen molar-refractivity contribution in [2.75, 3.05) is 18.9 Å². The van der Waals surface area contributed by atoms with Crippen LogP contribution in [0.1, 0.15) is 5.69 Å². The Bertz CT molecular complexity index is 1070. The molecule has 0 fully saturated rings. The van der Waals surface area contributed by atoms with Crippen LogP contribution in [-0.2, 0) is 21.4 Å². The molecule has 7 nitrogen and oxygen atoms in total. The van der Waals surface area contributed by atoms with Gasteiger partial charge < -0.3 is 10.1 Å². The number of likely N-dealkylation sites (N-methyl/N-ethyl adjacent to an activating group) is 1. The molecule has 29 heavy (non-hydrogen) atoms. The third-order valence-electron chi connectivity index (χ3n) is 3.91. The highest BCUT2D eigenvalue weighted by atomic mass is 32.2. The summed E-state index contributed by atoms with van der Waals surface area (Å²) >= 11 is 1.45. The van der Waals surface area contributed by atoms with E-state index in [1.165, 1.54) is 18.4 Å². The summed E-state index contributed by atoms with van der Waals surface area (Å²) < 4.78 is 44.7. The predicted octanol–water partition coefficient (Wildman–Crippen LogP) is 3.12. The number of rotatable bonds is 8. The van der Waals surface area contributed by atoms with Crippen LogP contribution in [0.2, 0.25) is 0 Å². The number of benzene rings is 2. The maximum absolute atomic E-state index is 13.0. The molecule has 1 aromatic heterocycles. The lowest BCUT2D eigenvalue weighted by Crippen LogP contribution is -2.35. The molecule has 2 aromatic carbocycles. The minimum atomic E-state index is -3.93. The van der Waals surface area contributed by atoms with Crippen molar-refractivity contribution in [1.82, 2.24) is 9.29 Å². The third kappa shape index (κ3) is 5.37. The number of hydrogen-bond acceptors (Lipinski definition) is 6. The Hall–Kier alpha value is -2.82. The van der Waals surface area contributed by atoms with Crippen LogP contribution in [0, 0.1) is 5.82 Å². The van der Waals surface area contributed by atoms with Gasteiger partial charge in [0.05, 0.1) is 28.3 Å². The molecule has 0 aliphatic heterocycles. The summed E-state index contributed by atoms with van der Waals surface area (Å²) in [5.41, 5.74) is 2.88. The molecule has 0 saturated heterocycles. The summed E-state index contributed by atoms with van der Waals surface area (Å²) in [5, 5.41) is 4.51. The van der Waals surface area contributed by atoms with Crippen LogP contribution in [0.3, 0.4) is 0 Å². The zero-order chi connectivity index (χ0) is 20.9. The SMILES string of the molecule is CN(CC(=O)Nc1ccccc1OCc1cscn1)S(=O)(=O)c1ccc(F)cc1. The quantitative estimate of drug-likeness (QED) is 0.587. The van der Waals surface area contributed by atoms with Gasteiger partial charge in [0.2, 0.25) is 15.9 Å². The molecule has 0 aliphatic rings. The molecule has 0 bridgehead atoms. The number of sulfonamides is 1. The molecule has 0 spiro atoms. The number of anilines is 1. The van der Waals surface area contributed by atoms with Crippen LogP contribution in [0.5, 0.6) is 5.75 Å². The second-order valence-electron chi connectivity index (χ2n) is 6.03. The fourth-order valence-corrected chi connectivity index (χ4v) is 4.09. The van der Waals surface area contributed by atoms with Crippen molar-refractivity contribution < 1.29 is 22.3 Å². The fourth-order valence-electron chi connectivity index (χ4n) is 2.42. The Morgan fingerprint density at radius 3 is 2.62 bits per heavy atom. The van der Waals surface area contributed by atoms with Gasteiger partial charge in [-0.25, -0.2) is 17.8 Å². The lowest BCUT2D eigenvalue weighted by atomic mass is 10.3. The number of carbonyl (C=O) groups excluding carboxylic acids is 1. The number of nitrogens with zero attached hydrogens (tertiary/aromatic N) is 2. The van der Waals surface area contributed by atoms with E-state index in [1.807, 2.05) is 5.38 Å². The molecule has 10 heteroatoms. The van der Waals surface area contributed by atoms with Crippen molar-refractivity contribution in [2.24, 2.45) is 0 Å². The van der Waals surface area contributed by atoms with E-state index in [4.69, 9.17) is 4.74 Å². The van der Waals surface area contributed by atoms with Crippen LogP contribution in [0.25, 0.3) is 0 Å². The van der Waals surface area contributed by atoms with Crippen molar-refractivity contribution in [1.29, 1.82) is 0 Å². The largest absolute Gasteiger partial charge is 0.485 e. The number of hydrogen-bond donors (Lipinski definition) is 1. The Kier molecular flexibility index (Phi) is 6.57. The van der Waals surface area contributed by atoms with E-state index >= 15 is 0 Å². The Labute approximate surface area is 171 Å². The van der Waals surface area contributed by atoms with Gasteiger partial charge in [-0.05, 0) is 36.4 Å². The Morgan fingerprint density at radius 1 is 1.21 bits per heavy atom. The van der Waals surface area contributed by atoms with Crippen molar-refractivity contribution in [3.8, 4) is 5.75 Å². The molecule has 0 unspecified atom stereocenters. The van der Waals surface area contributed by atoms with Gasteiger partial charge in [0, 0.05) is 12.4 Å². The van der Waals surface area contributed by atoms with E-state index in [1.54, 1.807) is 29.8 Å². The van der Waals surface area contributed by atoms with E-state index in [2.05, 4.69) is 10.3 Å². The lowest BCUT2D eigenvalue weighted by molar-refractivity contribution is -0.116. The minimum Gasteiger partial charge on any atom is -0.485 e. The topological polar surface area (TPSA) is 88.6 Å². The van der Waals surface area contributed by atoms with Crippen LogP contribution in [0.15, 0.2) is 64.3 Å². The average Bonchev–Trinajstić information content (AvgIpc) is 3.21. The third-order valence-corrected chi connectivity index (χ3v) is 6.36. The van der Waals surface area contributed by atoms with Crippen molar-refractivity contribution >= 4 is 33.0 Å². The number of thiazole rings is 1. The standard InChI is InChI=1S/C19H18FN3O4S2/c1-23(29(25,26)16-8-6-14(20)7-9-16)10-19(24)22-17-4-2-3-5-18(17)27-11-15-12-28-13-21-15/h2-9,12-13H,10-11H2,1H3,(H,22,24). The van der Waals surface area contributed by atoms with Crippen LogP contribution < -0.4 is 10.1 Å². The maximum Gasteiger partial charge on any atom is 0.243 e. The lowest BCUT2D eigenvalue weighted by Gasteiger charge is -2.18. The zero-order valence-electron chi connectivity index (χ0n) is 15.4. The first kappa shape index (κ1) is 20.9. The van der Waals surface area contributed by atoms with Crippen molar-refractivity contribution in [2.45, 2.75) is 11.5 Å². The molecular formula is C19H18FN3O4S2. The second kappa shape index (κ2) is 9.12. The van der Waals surface area contributed by atoms with Crippen LogP contribution >= 0.6 is 11.3 Å². The van der Waals surface area contributed by atoms with E-state index in [0.717, 1.165) is 34.3 Å². The molecule has 1 amide bonds. The summed E-state index contributed by atoms with van der Waals surface area (Å²) in [4.78, 5) is 16.4. The zero-order valence-corrected chi connectivity index (χ0v) is 17.0. The Morgan fingerprint density at radius 2 is 1.93 bits per heavy atom. The molecule has 0 aliphatic carbocycles. The highest BCUT2D eigenvalue weighted by Crippen LogP contribution is 2.25. The highest BCUT2D eigenvalue weighted by Gasteiger charge is 2.23. The molecule has 1 heterocycles. The van der Waals surface area contributed by atoms with E-state index < -0.39 is 28.3 Å². The first-order valence-corrected chi connectivity index (χ1v) is 10.8. The number of halogens is 1. The van der Waals surface area contributed by atoms with Gasteiger partial charge in [0.25, 0.3) is 0 Å². The number of ether oxygens (including phenoxy) is 1. The summed E-state index contributed by atoms with van der Waals surface area (Å²) in [6.07, 6.45) is 0. The van der Waals surface area contributed by atoms with Crippen molar-refractivity contribution in [3.05, 3.63) is 70.9 Å². The summed E-state index contributed by atoms with van der Waals surface area (Å²) in [6.45, 7) is -0.171. The fraction of sp³-hybridized carbons (Fsp3) is 0.158. The van der Waals surface area contributed by atoms with Gasteiger partial charge in [-0.15, -0.1) is 11.3 Å².